The number of hydrogen-bond acceptors (Lipinski definition) is 2. The summed E-state index contributed by atoms with van der Waals surface area (Å²) in [6.07, 6.45) is 0.116. The summed E-state index contributed by atoms with van der Waals surface area (Å²) in [7, 11) is 1.70. The lowest BCUT2D eigenvalue weighted by Crippen LogP contribution is -2.16. The Morgan fingerprint density at radius 2 is 2.24 bits per heavy atom. The second-order valence-electron chi connectivity index (χ2n) is 3.95. The maximum absolute atomic E-state index is 5.95. The predicted molar refractivity (Wildman–Crippen MR) is 70.8 cm³/mol. The van der Waals surface area contributed by atoms with E-state index >= 15 is 0 Å². The highest BCUT2D eigenvalue weighted by Crippen LogP contribution is 2.22. The number of benzene rings is 1. The zero-order chi connectivity index (χ0) is 12.4. The van der Waals surface area contributed by atoms with Crippen LogP contribution in [0.3, 0.4) is 0 Å². The Morgan fingerprint density at radius 3 is 2.88 bits per heavy atom. The minimum absolute atomic E-state index is 0.116. The summed E-state index contributed by atoms with van der Waals surface area (Å²) >= 11 is 11.9. The summed E-state index contributed by atoms with van der Waals surface area (Å²) in [4.78, 5) is 4.47. The second-order valence-corrected chi connectivity index (χ2v) is 4.66. The van der Waals surface area contributed by atoms with Gasteiger partial charge in [0.1, 0.15) is 5.82 Å². The molecule has 17 heavy (non-hydrogen) atoms. The van der Waals surface area contributed by atoms with Gasteiger partial charge in [-0.15, -0.1) is 11.6 Å². The minimum atomic E-state index is 0.116. The summed E-state index contributed by atoms with van der Waals surface area (Å²) in [5.41, 5.74) is 1.91. The van der Waals surface area contributed by atoms with E-state index < -0.39 is 0 Å². The van der Waals surface area contributed by atoms with Crippen molar-refractivity contribution in [1.29, 1.82) is 0 Å². The van der Waals surface area contributed by atoms with Crippen molar-refractivity contribution in [2.45, 2.75) is 25.5 Å². The van der Waals surface area contributed by atoms with Crippen LogP contribution in [0.15, 0.2) is 18.2 Å². The van der Waals surface area contributed by atoms with E-state index in [-0.39, 0.29) is 6.10 Å². The summed E-state index contributed by atoms with van der Waals surface area (Å²) in [5, 5.41) is 0.683. The molecular weight excluding hydrogens is 259 g/mol. The molecule has 5 heteroatoms. The number of ether oxygens (including phenoxy) is 1. The molecule has 1 aromatic carbocycles. The lowest BCUT2D eigenvalue weighted by molar-refractivity contribution is 0.103. The fourth-order valence-electron chi connectivity index (χ4n) is 1.79. The van der Waals surface area contributed by atoms with Gasteiger partial charge >= 0.3 is 0 Å². The average molecular weight is 273 g/mol. The molecule has 1 aromatic heterocycles. The topological polar surface area (TPSA) is 27.1 Å². The molecular formula is C12H14Cl2N2O. The zero-order valence-electron chi connectivity index (χ0n) is 9.78. The third-order valence-corrected chi connectivity index (χ3v) is 3.23. The Bertz CT molecular complexity index is 524. The molecule has 2 rings (SSSR count). The number of alkyl halides is 1. The molecule has 0 aliphatic heterocycles. The van der Waals surface area contributed by atoms with Crippen LogP contribution in [0, 0.1) is 0 Å². The standard InChI is InChI=1S/C12H14Cl2N2O/c1-8(17-2)7-16-11-4-3-9(14)5-10(11)15-12(16)6-13/h3-5,8H,6-7H2,1-2H3. The van der Waals surface area contributed by atoms with Crippen LogP contribution in [-0.4, -0.2) is 22.8 Å². The van der Waals surface area contributed by atoms with Crippen molar-refractivity contribution in [3.8, 4) is 0 Å². The van der Waals surface area contributed by atoms with Gasteiger partial charge in [-0.05, 0) is 25.1 Å². The fraction of sp³-hybridized carbons (Fsp3) is 0.417. The van der Waals surface area contributed by atoms with Gasteiger partial charge in [0.05, 0.1) is 29.6 Å². The van der Waals surface area contributed by atoms with Crippen LogP contribution in [0.2, 0.25) is 5.02 Å². The number of fused-ring (bicyclic) bond motifs is 1. The summed E-state index contributed by atoms with van der Waals surface area (Å²) in [6.45, 7) is 2.75. The first-order valence-corrected chi connectivity index (χ1v) is 6.30. The number of aromatic nitrogens is 2. The van der Waals surface area contributed by atoms with Gasteiger partial charge in [0, 0.05) is 12.1 Å². The molecule has 0 saturated heterocycles. The highest BCUT2D eigenvalue weighted by molar-refractivity contribution is 6.31. The highest BCUT2D eigenvalue weighted by Gasteiger charge is 2.12. The second kappa shape index (κ2) is 5.25. The van der Waals surface area contributed by atoms with Crippen LogP contribution < -0.4 is 0 Å². The van der Waals surface area contributed by atoms with Crippen molar-refractivity contribution < 1.29 is 4.74 Å². The first kappa shape index (κ1) is 12.7. The Balaban J connectivity index is 2.50. The maximum atomic E-state index is 5.95. The van der Waals surface area contributed by atoms with Gasteiger partial charge < -0.3 is 9.30 Å². The normalized spacial score (nSPS) is 13.2. The van der Waals surface area contributed by atoms with Gasteiger partial charge in [-0.25, -0.2) is 4.98 Å². The number of halogens is 2. The van der Waals surface area contributed by atoms with Crippen molar-refractivity contribution in [3.05, 3.63) is 29.0 Å². The van der Waals surface area contributed by atoms with E-state index in [1.807, 2.05) is 25.1 Å². The van der Waals surface area contributed by atoms with E-state index in [1.165, 1.54) is 0 Å². The first-order chi connectivity index (χ1) is 8.15. The van der Waals surface area contributed by atoms with Gasteiger partial charge in [-0.3, -0.25) is 0 Å². The molecule has 0 fully saturated rings. The minimum Gasteiger partial charge on any atom is -0.380 e. The maximum Gasteiger partial charge on any atom is 0.124 e. The number of imidazole rings is 1. The van der Waals surface area contributed by atoms with Gasteiger partial charge in [-0.1, -0.05) is 11.6 Å². The van der Waals surface area contributed by atoms with Crippen LogP contribution in [-0.2, 0) is 17.2 Å². The molecule has 0 aliphatic carbocycles. The largest absolute Gasteiger partial charge is 0.380 e. The third-order valence-electron chi connectivity index (χ3n) is 2.75. The lowest BCUT2D eigenvalue weighted by Gasteiger charge is -2.13. The molecule has 0 aliphatic rings. The van der Waals surface area contributed by atoms with Gasteiger partial charge in [-0.2, -0.15) is 0 Å². The predicted octanol–water partition coefficient (Wildman–Crippen LogP) is 3.46. The quantitative estimate of drug-likeness (QED) is 0.797. The monoisotopic (exact) mass is 272 g/mol. The molecule has 1 heterocycles. The molecule has 2 aromatic rings. The average Bonchev–Trinajstić information content (AvgIpc) is 2.66. The molecule has 3 nitrogen and oxygen atoms in total. The van der Waals surface area contributed by atoms with Crippen molar-refractivity contribution in [3.63, 3.8) is 0 Å². The van der Waals surface area contributed by atoms with E-state index in [0.717, 1.165) is 23.4 Å². The van der Waals surface area contributed by atoms with E-state index in [4.69, 9.17) is 27.9 Å². The number of nitrogens with zero attached hydrogens (tertiary/aromatic N) is 2. The summed E-state index contributed by atoms with van der Waals surface area (Å²) in [5.74, 6) is 1.22. The molecule has 1 atom stereocenters. The lowest BCUT2D eigenvalue weighted by atomic mass is 10.3. The molecule has 0 radical (unpaired) electrons. The van der Waals surface area contributed by atoms with Crippen LogP contribution in [0.5, 0.6) is 0 Å². The van der Waals surface area contributed by atoms with Gasteiger partial charge in [0.25, 0.3) is 0 Å². The van der Waals surface area contributed by atoms with Crippen LogP contribution in [0.4, 0.5) is 0 Å². The SMILES string of the molecule is COC(C)Cn1c(CCl)nc2cc(Cl)ccc21. The number of methoxy groups -OCH3 is 1. The smallest absolute Gasteiger partial charge is 0.124 e. The molecule has 0 spiro atoms. The number of hydrogen-bond donors (Lipinski definition) is 0. The van der Waals surface area contributed by atoms with Crippen molar-refractivity contribution in [2.24, 2.45) is 0 Å². The Morgan fingerprint density at radius 1 is 1.47 bits per heavy atom. The van der Waals surface area contributed by atoms with E-state index in [0.29, 0.717) is 10.9 Å². The number of rotatable bonds is 4. The third kappa shape index (κ3) is 2.57. The molecule has 1 unspecified atom stereocenters. The Hall–Kier alpha value is -0.770. The summed E-state index contributed by atoms with van der Waals surface area (Å²) in [6, 6.07) is 5.67. The zero-order valence-corrected chi connectivity index (χ0v) is 11.3. The molecule has 92 valence electrons. The molecule has 0 amide bonds. The van der Waals surface area contributed by atoms with E-state index in [9.17, 15) is 0 Å². The van der Waals surface area contributed by atoms with Crippen molar-refractivity contribution in [2.75, 3.05) is 7.11 Å². The molecule has 0 saturated carbocycles. The fourth-order valence-corrected chi connectivity index (χ4v) is 2.16. The summed E-state index contributed by atoms with van der Waals surface area (Å²) < 4.78 is 7.35. The van der Waals surface area contributed by atoms with Gasteiger partial charge in [0.15, 0.2) is 0 Å². The van der Waals surface area contributed by atoms with Crippen LogP contribution in [0.25, 0.3) is 11.0 Å². The molecule has 0 bridgehead atoms. The van der Waals surface area contributed by atoms with Gasteiger partial charge in [0.2, 0.25) is 0 Å². The highest BCUT2D eigenvalue weighted by atomic mass is 35.5. The van der Waals surface area contributed by atoms with Crippen LogP contribution in [0.1, 0.15) is 12.7 Å². The van der Waals surface area contributed by atoms with E-state index in [2.05, 4.69) is 9.55 Å². The van der Waals surface area contributed by atoms with E-state index in [1.54, 1.807) is 7.11 Å². The first-order valence-electron chi connectivity index (χ1n) is 5.39. The Labute approximate surface area is 110 Å². The van der Waals surface area contributed by atoms with Crippen LogP contribution >= 0.6 is 23.2 Å². The molecule has 0 N–H and O–H groups in total. The van der Waals surface area contributed by atoms with Crippen molar-refractivity contribution >= 4 is 34.2 Å². The Kier molecular flexibility index (Phi) is 3.92. The van der Waals surface area contributed by atoms with Crippen molar-refractivity contribution in [1.82, 2.24) is 9.55 Å².